The number of aromatic nitrogens is 1. The molecule has 1 rings (SSSR count). The van der Waals surface area contributed by atoms with Crippen LogP contribution >= 0.6 is 0 Å². The summed E-state index contributed by atoms with van der Waals surface area (Å²) in [7, 11) is 1.38. The highest BCUT2D eigenvalue weighted by Gasteiger charge is 2.28. The van der Waals surface area contributed by atoms with Gasteiger partial charge in [0.25, 0.3) is 5.91 Å². The molecule has 0 aliphatic carbocycles. The van der Waals surface area contributed by atoms with E-state index >= 15 is 0 Å². The van der Waals surface area contributed by atoms with Crippen molar-refractivity contribution in [1.82, 2.24) is 15.4 Å². The molecule has 108 valence electrons. The molecule has 0 spiro atoms. The molecule has 1 amide bonds. The van der Waals surface area contributed by atoms with Gasteiger partial charge in [0.2, 0.25) is 5.76 Å². The first kappa shape index (κ1) is 15.5. The van der Waals surface area contributed by atoms with E-state index in [-0.39, 0.29) is 18.8 Å². The Labute approximate surface area is 108 Å². The number of aryl methyl sites for hydroxylation is 1. The number of carbonyl (C=O) groups excluding carboxylic acids is 1. The molecule has 0 saturated carbocycles. The Morgan fingerprint density at radius 3 is 2.74 bits per heavy atom. The van der Waals surface area contributed by atoms with Gasteiger partial charge in [0.1, 0.15) is 0 Å². The maximum atomic E-state index is 12.0. The van der Waals surface area contributed by atoms with E-state index in [1.165, 1.54) is 13.1 Å². The van der Waals surface area contributed by atoms with Crippen LogP contribution in [0.5, 0.6) is 0 Å². The largest absolute Gasteiger partial charge is 0.401 e. The Bertz CT molecular complexity index is 418. The van der Waals surface area contributed by atoms with Crippen molar-refractivity contribution in [1.29, 1.82) is 0 Å². The second-order valence-electron chi connectivity index (χ2n) is 4.29. The quantitative estimate of drug-likeness (QED) is 0.804. The number of nitrogens with one attached hydrogen (secondary N) is 1. The summed E-state index contributed by atoms with van der Waals surface area (Å²) in [4.78, 5) is 12.7. The summed E-state index contributed by atoms with van der Waals surface area (Å²) in [5, 5.41) is 6.12. The Morgan fingerprint density at radius 2 is 2.21 bits per heavy atom. The highest BCUT2D eigenvalue weighted by Crippen LogP contribution is 2.15. The van der Waals surface area contributed by atoms with Crippen molar-refractivity contribution in [2.75, 3.05) is 26.7 Å². The van der Waals surface area contributed by atoms with Gasteiger partial charge in [0, 0.05) is 12.6 Å². The molecule has 0 aliphatic rings. The molecule has 5 nitrogen and oxygen atoms in total. The molecule has 1 aromatic heterocycles. The first-order chi connectivity index (χ1) is 8.78. The first-order valence-electron chi connectivity index (χ1n) is 5.75. The highest BCUT2D eigenvalue weighted by molar-refractivity contribution is 5.91. The van der Waals surface area contributed by atoms with Crippen LogP contribution in [-0.2, 0) is 0 Å². The van der Waals surface area contributed by atoms with Crippen LogP contribution in [0.1, 0.15) is 22.7 Å². The number of nitrogens with zero attached hydrogens (tertiary/aromatic N) is 2. The molecule has 0 aliphatic heterocycles. The first-order valence-corrected chi connectivity index (χ1v) is 5.75. The fourth-order valence-electron chi connectivity index (χ4n) is 1.49. The predicted octanol–water partition coefficient (Wildman–Crippen LogP) is 1.60. The van der Waals surface area contributed by atoms with E-state index in [0.29, 0.717) is 12.1 Å². The third kappa shape index (κ3) is 6.23. The Hall–Kier alpha value is -1.57. The van der Waals surface area contributed by atoms with E-state index in [2.05, 4.69) is 10.5 Å². The van der Waals surface area contributed by atoms with Crippen molar-refractivity contribution in [3.05, 3.63) is 17.5 Å². The molecule has 0 aromatic carbocycles. The van der Waals surface area contributed by atoms with Crippen LogP contribution in [-0.4, -0.2) is 48.8 Å². The highest BCUT2D eigenvalue weighted by atomic mass is 19.4. The molecule has 1 N–H and O–H groups in total. The molecule has 0 unspecified atom stereocenters. The van der Waals surface area contributed by atoms with Gasteiger partial charge in [-0.2, -0.15) is 13.2 Å². The van der Waals surface area contributed by atoms with Gasteiger partial charge in [0.15, 0.2) is 0 Å². The van der Waals surface area contributed by atoms with E-state index in [1.807, 2.05) is 0 Å². The van der Waals surface area contributed by atoms with Crippen LogP contribution in [0.2, 0.25) is 0 Å². The lowest BCUT2D eigenvalue weighted by atomic mass is 10.3. The van der Waals surface area contributed by atoms with Gasteiger partial charge < -0.3 is 9.84 Å². The van der Waals surface area contributed by atoms with Crippen LogP contribution in [0, 0.1) is 6.92 Å². The summed E-state index contributed by atoms with van der Waals surface area (Å²) in [6, 6.07) is 1.49. The lowest BCUT2D eigenvalue weighted by molar-refractivity contribution is -0.143. The van der Waals surface area contributed by atoms with Gasteiger partial charge in [-0.25, -0.2) is 0 Å². The lowest BCUT2D eigenvalue weighted by Crippen LogP contribution is -2.33. The summed E-state index contributed by atoms with van der Waals surface area (Å²) >= 11 is 0. The van der Waals surface area contributed by atoms with Gasteiger partial charge in [-0.05, 0) is 26.9 Å². The van der Waals surface area contributed by atoms with Crippen LogP contribution in [0.4, 0.5) is 13.2 Å². The predicted molar refractivity (Wildman–Crippen MR) is 61.7 cm³/mol. The molecule has 0 atom stereocenters. The van der Waals surface area contributed by atoms with Gasteiger partial charge >= 0.3 is 6.18 Å². The third-order valence-corrected chi connectivity index (χ3v) is 2.30. The monoisotopic (exact) mass is 279 g/mol. The van der Waals surface area contributed by atoms with E-state index < -0.39 is 18.6 Å². The molecule has 0 saturated heterocycles. The topological polar surface area (TPSA) is 58.4 Å². The van der Waals surface area contributed by atoms with E-state index in [0.717, 1.165) is 4.90 Å². The van der Waals surface area contributed by atoms with E-state index in [9.17, 15) is 18.0 Å². The summed E-state index contributed by atoms with van der Waals surface area (Å²) in [6.07, 6.45) is -3.78. The number of alkyl halides is 3. The maximum absolute atomic E-state index is 12.0. The number of hydrogen-bond acceptors (Lipinski definition) is 4. The molecular formula is C11H16F3N3O2. The summed E-state index contributed by atoms with van der Waals surface area (Å²) in [6.45, 7) is 1.25. The van der Waals surface area contributed by atoms with Crippen molar-refractivity contribution in [3.8, 4) is 0 Å². The van der Waals surface area contributed by atoms with Gasteiger partial charge in [-0.3, -0.25) is 9.69 Å². The van der Waals surface area contributed by atoms with Crippen molar-refractivity contribution in [3.63, 3.8) is 0 Å². The normalized spacial score (nSPS) is 11.9. The Balaban J connectivity index is 2.19. The zero-order valence-corrected chi connectivity index (χ0v) is 10.8. The average Bonchev–Trinajstić information content (AvgIpc) is 2.68. The van der Waals surface area contributed by atoms with E-state index in [1.54, 1.807) is 6.92 Å². The Kier molecular flexibility index (Phi) is 5.34. The van der Waals surface area contributed by atoms with Gasteiger partial charge in [0.05, 0.1) is 12.2 Å². The molecule has 0 bridgehead atoms. The molecule has 8 heteroatoms. The minimum atomic E-state index is -4.20. The molecular weight excluding hydrogens is 263 g/mol. The number of hydrogen-bond donors (Lipinski definition) is 1. The second kappa shape index (κ2) is 6.55. The number of rotatable bonds is 6. The zero-order valence-electron chi connectivity index (χ0n) is 10.8. The number of amides is 1. The Morgan fingerprint density at radius 1 is 1.53 bits per heavy atom. The zero-order chi connectivity index (χ0) is 14.5. The summed E-state index contributed by atoms with van der Waals surface area (Å²) in [5.41, 5.74) is 0.593. The van der Waals surface area contributed by atoms with Crippen LogP contribution in [0.15, 0.2) is 10.6 Å². The van der Waals surface area contributed by atoms with Crippen LogP contribution < -0.4 is 5.32 Å². The van der Waals surface area contributed by atoms with Crippen LogP contribution in [0.25, 0.3) is 0 Å². The molecule has 19 heavy (non-hydrogen) atoms. The summed E-state index contributed by atoms with van der Waals surface area (Å²) in [5.74, 6) is -0.319. The second-order valence-corrected chi connectivity index (χ2v) is 4.29. The fraction of sp³-hybridized carbons (Fsp3) is 0.636. The standard InChI is InChI=1S/C11H16F3N3O2/c1-8-6-9(19-16-8)10(18)15-4-3-5-17(2)7-11(12,13)14/h6H,3-5,7H2,1-2H3,(H,15,18). The van der Waals surface area contributed by atoms with Gasteiger partial charge in [-0.15, -0.1) is 0 Å². The van der Waals surface area contributed by atoms with Gasteiger partial charge in [-0.1, -0.05) is 5.16 Å². The minimum Gasteiger partial charge on any atom is -0.351 e. The molecule has 0 radical (unpaired) electrons. The SMILES string of the molecule is Cc1cc(C(=O)NCCCN(C)CC(F)(F)F)on1. The van der Waals surface area contributed by atoms with Crippen LogP contribution in [0.3, 0.4) is 0 Å². The number of carbonyl (C=O) groups is 1. The molecule has 0 fully saturated rings. The summed E-state index contributed by atoms with van der Waals surface area (Å²) < 4.78 is 40.9. The molecule has 1 heterocycles. The minimum absolute atomic E-state index is 0.0983. The smallest absolute Gasteiger partial charge is 0.351 e. The molecule has 1 aromatic rings. The van der Waals surface area contributed by atoms with Crippen molar-refractivity contribution in [2.24, 2.45) is 0 Å². The van der Waals surface area contributed by atoms with Crippen molar-refractivity contribution in [2.45, 2.75) is 19.5 Å². The van der Waals surface area contributed by atoms with E-state index in [4.69, 9.17) is 4.52 Å². The average molecular weight is 279 g/mol. The lowest BCUT2D eigenvalue weighted by Gasteiger charge is -2.18. The third-order valence-electron chi connectivity index (χ3n) is 2.30. The fourth-order valence-corrected chi connectivity index (χ4v) is 1.49. The number of halogens is 3. The van der Waals surface area contributed by atoms with Crippen molar-refractivity contribution >= 4 is 5.91 Å². The maximum Gasteiger partial charge on any atom is 0.401 e. The van der Waals surface area contributed by atoms with Crippen molar-refractivity contribution < 1.29 is 22.5 Å².